The number of thioether (sulfide) groups is 1. The second-order valence-electron chi connectivity index (χ2n) is 8.27. The molecule has 0 radical (unpaired) electrons. The zero-order valence-electron chi connectivity index (χ0n) is 20.4. The number of nitrogens with one attached hydrogen (secondary N) is 1. The number of benzene rings is 2. The van der Waals surface area contributed by atoms with E-state index in [4.69, 9.17) is 18.9 Å². The normalized spacial score (nSPS) is 24.3. The van der Waals surface area contributed by atoms with Crippen molar-refractivity contribution in [3.63, 3.8) is 0 Å². The van der Waals surface area contributed by atoms with Gasteiger partial charge in [0.1, 0.15) is 30.1 Å². The van der Waals surface area contributed by atoms with Gasteiger partial charge in [-0.2, -0.15) is 0 Å². The molecule has 0 saturated carbocycles. The van der Waals surface area contributed by atoms with Gasteiger partial charge in [-0.15, -0.1) is 5.10 Å². The highest BCUT2D eigenvalue weighted by Crippen LogP contribution is 2.33. The number of carbonyl (C=O) groups is 1. The van der Waals surface area contributed by atoms with Crippen LogP contribution in [0.15, 0.2) is 54.9 Å². The van der Waals surface area contributed by atoms with Crippen LogP contribution in [0.4, 0.5) is 10.5 Å². The molecule has 35 heavy (non-hydrogen) atoms. The Balaban J connectivity index is 1.39. The predicted molar refractivity (Wildman–Crippen MR) is 135 cm³/mol. The Morgan fingerprint density at radius 1 is 0.971 bits per heavy atom. The molecule has 0 unspecified atom stereocenters. The molecular formula is C25H30N4O5S. The van der Waals surface area contributed by atoms with Crippen LogP contribution in [0, 0.1) is 6.92 Å². The van der Waals surface area contributed by atoms with Crippen molar-refractivity contribution >= 4 is 22.7 Å². The fourth-order valence-corrected chi connectivity index (χ4v) is 5.10. The lowest BCUT2D eigenvalue weighted by Crippen LogP contribution is -2.58. The van der Waals surface area contributed by atoms with Crippen LogP contribution in [0.1, 0.15) is 12.5 Å². The quantitative estimate of drug-likeness (QED) is 0.515. The molecule has 186 valence electrons. The third-order valence-electron chi connectivity index (χ3n) is 5.95. The van der Waals surface area contributed by atoms with Gasteiger partial charge >= 0.3 is 0 Å². The van der Waals surface area contributed by atoms with Gasteiger partial charge in [-0.25, -0.2) is 9.67 Å². The first-order valence-electron chi connectivity index (χ1n) is 11.2. The second-order valence-corrected chi connectivity index (χ2v) is 9.34. The molecule has 1 fully saturated rings. The topological polar surface area (TPSA) is 96.7 Å². The van der Waals surface area contributed by atoms with E-state index in [-0.39, 0.29) is 23.6 Å². The molecule has 2 heterocycles. The van der Waals surface area contributed by atoms with Gasteiger partial charge in [0.05, 0.1) is 11.8 Å². The van der Waals surface area contributed by atoms with Crippen LogP contribution < -0.4 is 5.32 Å². The summed E-state index contributed by atoms with van der Waals surface area (Å²) in [4.78, 5) is 17.2. The first kappa shape index (κ1) is 25.3. The minimum atomic E-state index is -0.541. The molecule has 0 spiro atoms. The van der Waals surface area contributed by atoms with Crippen LogP contribution in [-0.4, -0.2) is 71.2 Å². The minimum Gasteiger partial charge on any atom is -0.376 e. The van der Waals surface area contributed by atoms with Gasteiger partial charge in [0.25, 0.3) is 5.24 Å². The Kier molecular flexibility index (Phi) is 8.19. The number of hydrogen-bond donors (Lipinski definition) is 1. The molecule has 0 aliphatic carbocycles. The Hall–Kier alpha value is -2.76. The standard InChI is InChI=1S/C25H30N4O5S/c1-15-6-12-19(13-7-15)29-14-26-23(28-29)17-8-10-18(11-9-17)27-25(30)35-24-22(33-5)21(32-4)20(31-3)16(2)34-24/h6-14,16,20-22,24H,1-5H3,(H,27,30)/t16-,20-,21+,22+,24-/m0/s1. The van der Waals surface area contributed by atoms with E-state index in [9.17, 15) is 4.79 Å². The minimum absolute atomic E-state index is 0.256. The van der Waals surface area contributed by atoms with Crippen molar-refractivity contribution in [2.75, 3.05) is 26.6 Å². The van der Waals surface area contributed by atoms with Gasteiger partial charge in [0, 0.05) is 32.6 Å². The van der Waals surface area contributed by atoms with E-state index in [0.717, 1.165) is 23.0 Å². The van der Waals surface area contributed by atoms with E-state index < -0.39 is 11.5 Å². The molecule has 1 N–H and O–H groups in total. The third-order valence-corrected chi connectivity index (χ3v) is 6.87. The number of rotatable bonds is 7. The highest BCUT2D eigenvalue weighted by molar-refractivity contribution is 8.14. The third kappa shape index (κ3) is 5.74. The molecule has 9 nitrogen and oxygen atoms in total. The summed E-state index contributed by atoms with van der Waals surface area (Å²) < 4.78 is 24.5. The largest absolute Gasteiger partial charge is 0.376 e. The van der Waals surface area contributed by atoms with Crippen molar-refractivity contribution in [1.82, 2.24) is 14.8 Å². The number of carbonyl (C=O) groups excluding carboxylic acids is 1. The van der Waals surface area contributed by atoms with Gasteiger partial charge in [-0.05, 0) is 62.0 Å². The van der Waals surface area contributed by atoms with Gasteiger partial charge in [0.2, 0.25) is 0 Å². The summed E-state index contributed by atoms with van der Waals surface area (Å²) in [5, 5.41) is 7.20. The summed E-state index contributed by atoms with van der Waals surface area (Å²) in [6.07, 6.45) is 0.318. The Morgan fingerprint density at radius 2 is 1.63 bits per heavy atom. The van der Waals surface area contributed by atoms with Gasteiger partial charge in [0.15, 0.2) is 5.82 Å². The average Bonchev–Trinajstić information content (AvgIpc) is 3.34. The van der Waals surface area contributed by atoms with Crippen LogP contribution >= 0.6 is 11.8 Å². The summed E-state index contributed by atoms with van der Waals surface area (Å²) in [7, 11) is 4.78. The first-order valence-corrected chi connectivity index (χ1v) is 12.1. The fourth-order valence-electron chi connectivity index (χ4n) is 4.08. The zero-order valence-corrected chi connectivity index (χ0v) is 21.2. The van der Waals surface area contributed by atoms with E-state index in [1.165, 1.54) is 5.56 Å². The highest BCUT2D eigenvalue weighted by Gasteiger charge is 2.46. The first-order chi connectivity index (χ1) is 16.9. The molecule has 1 aromatic heterocycles. The van der Waals surface area contributed by atoms with Gasteiger partial charge in [-0.3, -0.25) is 4.79 Å². The molecule has 4 rings (SSSR count). The van der Waals surface area contributed by atoms with Crippen LogP contribution in [0.3, 0.4) is 0 Å². The van der Waals surface area contributed by atoms with Crippen molar-refractivity contribution in [2.24, 2.45) is 0 Å². The Morgan fingerprint density at radius 3 is 2.26 bits per heavy atom. The molecule has 1 amide bonds. The fraction of sp³-hybridized carbons (Fsp3) is 0.400. The van der Waals surface area contributed by atoms with Crippen molar-refractivity contribution in [1.29, 1.82) is 0 Å². The highest BCUT2D eigenvalue weighted by atomic mass is 32.2. The van der Waals surface area contributed by atoms with E-state index in [1.807, 2.05) is 62.4 Å². The lowest BCUT2D eigenvalue weighted by molar-refractivity contribution is -0.216. The zero-order chi connectivity index (χ0) is 24.9. The molecule has 1 saturated heterocycles. The maximum absolute atomic E-state index is 12.8. The van der Waals surface area contributed by atoms with Crippen LogP contribution in [0.5, 0.6) is 0 Å². The summed E-state index contributed by atoms with van der Waals surface area (Å²) in [5.74, 6) is 0.601. The average molecular weight is 499 g/mol. The molecule has 3 aromatic rings. The maximum Gasteiger partial charge on any atom is 0.286 e. The van der Waals surface area contributed by atoms with E-state index in [2.05, 4.69) is 15.4 Å². The molecule has 5 atom stereocenters. The molecule has 0 bridgehead atoms. The number of nitrogens with zero attached hydrogens (tertiary/aromatic N) is 3. The Labute approximate surface area is 209 Å². The maximum atomic E-state index is 12.8. The summed E-state index contributed by atoms with van der Waals surface area (Å²) in [6, 6.07) is 15.4. The summed E-state index contributed by atoms with van der Waals surface area (Å²) in [5.41, 5.74) is 3.08. The SMILES string of the molecule is CO[C@@H]1[C@@H](OC)[C@H](C)O[C@@H](SC(=O)Nc2ccc(-c3ncn(-c4ccc(C)cc4)n3)cc2)[C@@H]1OC. The van der Waals surface area contributed by atoms with Gasteiger partial charge in [-0.1, -0.05) is 17.7 Å². The number of aromatic nitrogens is 3. The molecular weight excluding hydrogens is 468 g/mol. The second kappa shape index (κ2) is 11.3. The number of aryl methyl sites for hydroxylation is 1. The lowest BCUT2D eigenvalue weighted by Gasteiger charge is -2.43. The molecule has 2 aromatic carbocycles. The monoisotopic (exact) mass is 498 g/mol. The summed E-state index contributed by atoms with van der Waals surface area (Å²) >= 11 is 1.03. The van der Waals surface area contributed by atoms with Crippen LogP contribution in [-0.2, 0) is 18.9 Å². The van der Waals surface area contributed by atoms with Crippen LogP contribution in [0.2, 0.25) is 0 Å². The smallest absolute Gasteiger partial charge is 0.286 e. The van der Waals surface area contributed by atoms with Crippen molar-refractivity contribution in [3.8, 4) is 17.1 Å². The summed E-state index contributed by atoms with van der Waals surface area (Å²) in [6.45, 7) is 3.94. The van der Waals surface area contributed by atoms with E-state index in [1.54, 1.807) is 32.3 Å². The van der Waals surface area contributed by atoms with Crippen molar-refractivity contribution < 1.29 is 23.7 Å². The van der Waals surface area contributed by atoms with Crippen molar-refractivity contribution in [3.05, 3.63) is 60.4 Å². The number of methoxy groups -OCH3 is 3. The number of amides is 1. The number of ether oxygens (including phenoxy) is 4. The number of hydrogen-bond acceptors (Lipinski definition) is 8. The lowest BCUT2D eigenvalue weighted by atomic mass is 10.0. The van der Waals surface area contributed by atoms with E-state index in [0.29, 0.717) is 11.5 Å². The molecule has 1 aliphatic rings. The van der Waals surface area contributed by atoms with Gasteiger partial charge < -0.3 is 24.3 Å². The van der Waals surface area contributed by atoms with E-state index >= 15 is 0 Å². The molecule has 1 aliphatic heterocycles. The Bertz CT molecular complexity index is 1120. The van der Waals surface area contributed by atoms with Crippen molar-refractivity contribution in [2.45, 2.75) is 43.7 Å². The van der Waals surface area contributed by atoms with Crippen LogP contribution in [0.25, 0.3) is 17.1 Å². The number of anilines is 1. The predicted octanol–water partition coefficient (Wildman–Crippen LogP) is 4.30. The molecule has 10 heteroatoms.